The molecule has 6 nitrogen and oxygen atoms in total. The maximum atomic E-state index is 13.4. The molecule has 0 spiro atoms. The molecule has 0 saturated carbocycles. The predicted octanol–water partition coefficient (Wildman–Crippen LogP) is 0.899. The summed E-state index contributed by atoms with van der Waals surface area (Å²) in [7, 11) is 1.03. The monoisotopic (exact) mass is 290 g/mol. The van der Waals surface area contributed by atoms with Gasteiger partial charge in [0.05, 0.1) is 18.5 Å². The van der Waals surface area contributed by atoms with Crippen LogP contribution in [0.5, 0.6) is 5.75 Å². The van der Waals surface area contributed by atoms with Crippen molar-refractivity contribution in [2.24, 2.45) is 0 Å². The predicted molar refractivity (Wildman–Crippen MR) is 60.8 cm³/mol. The minimum absolute atomic E-state index is 0.231. The number of amides is 1. The Morgan fingerprint density at radius 3 is 2.75 bits per heavy atom. The number of halogens is 3. The fourth-order valence-corrected chi connectivity index (χ4v) is 1.65. The average molecular weight is 290 g/mol. The molecule has 1 aliphatic heterocycles. The molecule has 20 heavy (non-hydrogen) atoms. The van der Waals surface area contributed by atoms with E-state index >= 15 is 0 Å². The van der Waals surface area contributed by atoms with Gasteiger partial charge in [0, 0.05) is 6.07 Å². The van der Waals surface area contributed by atoms with Crippen LogP contribution in [0, 0.1) is 5.82 Å². The number of anilines is 2. The average Bonchev–Trinajstić information content (AvgIpc) is 2.37. The van der Waals surface area contributed by atoms with Crippen molar-refractivity contribution < 1.29 is 32.2 Å². The number of benzene rings is 1. The van der Waals surface area contributed by atoms with E-state index in [0.717, 1.165) is 13.2 Å². The second-order valence-electron chi connectivity index (χ2n) is 3.93. The van der Waals surface area contributed by atoms with E-state index in [1.807, 2.05) is 0 Å². The van der Waals surface area contributed by atoms with Gasteiger partial charge in [-0.3, -0.25) is 14.5 Å². The van der Waals surface area contributed by atoms with E-state index in [4.69, 9.17) is 5.73 Å². The summed E-state index contributed by atoms with van der Waals surface area (Å²) < 4.78 is 48.5. The molecule has 2 N–H and O–H groups in total. The first-order valence-corrected chi connectivity index (χ1v) is 5.31. The zero-order chi connectivity index (χ0) is 15.1. The van der Waals surface area contributed by atoms with Crippen molar-refractivity contribution in [2.75, 3.05) is 24.3 Å². The van der Waals surface area contributed by atoms with Gasteiger partial charge in [-0.25, -0.2) is 4.39 Å². The van der Waals surface area contributed by atoms with E-state index in [0.29, 0.717) is 11.0 Å². The number of carbonyl (C=O) groups is 2. The van der Waals surface area contributed by atoms with Crippen LogP contribution in [-0.2, 0) is 14.3 Å². The largest absolute Gasteiger partial charge is 0.482 e. The lowest BCUT2D eigenvalue weighted by Gasteiger charge is -2.32. The van der Waals surface area contributed by atoms with Crippen LogP contribution in [0.25, 0.3) is 0 Å². The Balaban J connectivity index is 2.52. The van der Waals surface area contributed by atoms with E-state index in [1.54, 1.807) is 0 Å². The second kappa shape index (κ2) is 4.58. The van der Waals surface area contributed by atoms with E-state index in [-0.39, 0.29) is 11.4 Å². The van der Waals surface area contributed by atoms with Crippen LogP contribution < -0.4 is 15.4 Å². The third-order valence-corrected chi connectivity index (χ3v) is 2.62. The Morgan fingerprint density at radius 2 is 2.15 bits per heavy atom. The summed E-state index contributed by atoms with van der Waals surface area (Å²) in [5, 5.41) is 0. The first-order chi connectivity index (χ1) is 9.26. The van der Waals surface area contributed by atoms with Gasteiger partial charge in [-0.15, -0.1) is 0 Å². The van der Waals surface area contributed by atoms with Crippen molar-refractivity contribution in [1.82, 2.24) is 0 Å². The Labute approximate surface area is 110 Å². The van der Waals surface area contributed by atoms with Crippen molar-refractivity contribution >= 4 is 23.3 Å². The van der Waals surface area contributed by atoms with Crippen LogP contribution in [0.3, 0.4) is 0 Å². The van der Waals surface area contributed by atoms with Gasteiger partial charge in [0.2, 0.25) is 0 Å². The van der Waals surface area contributed by atoms with Crippen molar-refractivity contribution in [1.29, 1.82) is 0 Å². The van der Waals surface area contributed by atoms with Crippen LogP contribution in [0.1, 0.15) is 0 Å². The lowest BCUT2D eigenvalue weighted by molar-refractivity contribution is -0.193. The van der Waals surface area contributed by atoms with Crippen molar-refractivity contribution in [3.63, 3.8) is 0 Å². The Morgan fingerprint density at radius 1 is 1.50 bits per heavy atom. The molecule has 108 valence electrons. The standard InChI is InChI=1S/C11H9F3N2O4/c1-19-9(17)4-16-7-3-6(15)5(12)2-8(7)20-11(13,14)10(16)18/h2-3H,4,15H2,1H3. The minimum atomic E-state index is -4.20. The molecule has 1 amide bonds. The Kier molecular flexibility index (Phi) is 3.20. The summed E-state index contributed by atoms with van der Waals surface area (Å²) in [6, 6.07) is 1.55. The summed E-state index contributed by atoms with van der Waals surface area (Å²) >= 11 is 0. The fourth-order valence-electron chi connectivity index (χ4n) is 1.65. The molecule has 0 radical (unpaired) electrons. The number of nitrogens with two attached hydrogens (primary N) is 1. The zero-order valence-electron chi connectivity index (χ0n) is 10.2. The number of ether oxygens (including phenoxy) is 2. The van der Waals surface area contributed by atoms with Gasteiger partial charge in [-0.1, -0.05) is 0 Å². The van der Waals surface area contributed by atoms with Gasteiger partial charge < -0.3 is 15.2 Å². The lowest BCUT2D eigenvalue weighted by Crippen LogP contribution is -2.52. The molecule has 1 aliphatic rings. The molecule has 1 heterocycles. The second-order valence-corrected chi connectivity index (χ2v) is 3.93. The van der Waals surface area contributed by atoms with Crippen LogP contribution in [0.2, 0.25) is 0 Å². The lowest BCUT2D eigenvalue weighted by atomic mass is 10.2. The Bertz CT molecular complexity index is 591. The number of rotatable bonds is 2. The molecule has 0 atom stereocenters. The summed E-state index contributed by atoms with van der Waals surface area (Å²) in [6.45, 7) is -0.771. The molecule has 2 rings (SSSR count). The van der Waals surface area contributed by atoms with Crippen molar-refractivity contribution in [2.45, 2.75) is 6.11 Å². The van der Waals surface area contributed by atoms with Gasteiger partial charge in [-0.2, -0.15) is 8.78 Å². The van der Waals surface area contributed by atoms with Crippen LogP contribution in [0.15, 0.2) is 12.1 Å². The SMILES string of the molecule is COC(=O)CN1C(=O)C(F)(F)Oc2cc(F)c(N)cc21. The quantitative estimate of drug-likeness (QED) is 0.646. The molecule has 1 aromatic rings. The highest BCUT2D eigenvalue weighted by molar-refractivity contribution is 6.04. The van der Waals surface area contributed by atoms with Gasteiger partial charge in [0.15, 0.2) is 5.75 Å². The van der Waals surface area contributed by atoms with Gasteiger partial charge in [-0.05, 0) is 6.07 Å². The number of fused-ring (bicyclic) bond motifs is 1. The van der Waals surface area contributed by atoms with Crippen molar-refractivity contribution in [3.05, 3.63) is 17.9 Å². The third kappa shape index (κ3) is 2.22. The maximum Gasteiger partial charge on any atom is 0.482 e. The number of alkyl halides is 2. The van der Waals surface area contributed by atoms with E-state index in [1.165, 1.54) is 0 Å². The van der Waals surface area contributed by atoms with E-state index < -0.39 is 36.1 Å². The highest BCUT2D eigenvalue weighted by atomic mass is 19.3. The van der Waals surface area contributed by atoms with Gasteiger partial charge in [0.25, 0.3) is 0 Å². The molecular weight excluding hydrogens is 281 g/mol. The summed E-state index contributed by atoms with van der Waals surface area (Å²) in [5.41, 5.74) is 4.70. The summed E-state index contributed by atoms with van der Waals surface area (Å²) in [5.74, 6) is -4.26. The number of hydrogen-bond acceptors (Lipinski definition) is 5. The minimum Gasteiger partial charge on any atom is -0.468 e. The molecule has 1 aromatic carbocycles. The molecule has 0 unspecified atom stereocenters. The fraction of sp³-hybridized carbons (Fsp3) is 0.273. The smallest absolute Gasteiger partial charge is 0.468 e. The first kappa shape index (κ1) is 14.0. The number of methoxy groups -OCH3 is 1. The number of carbonyl (C=O) groups excluding carboxylic acids is 2. The molecule has 0 saturated heterocycles. The number of hydrogen-bond donors (Lipinski definition) is 1. The summed E-state index contributed by atoms with van der Waals surface area (Å²) in [6.07, 6.45) is -4.20. The molecular formula is C11H9F3N2O4. The number of nitrogens with zero attached hydrogens (tertiary/aromatic N) is 1. The van der Waals surface area contributed by atoms with Gasteiger partial charge in [0.1, 0.15) is 12.4 Å². The zero-order valence-corrected chi connectivity index (χ0v) is 10.2. The third-order valence-electron chi connectivity index (χ3n) is 2.62. The number of esters is 1. The van der Waals surface area contributed by atoms with Crippen molar-refractivity contribution in [3.8, 4) is 5.75 Å². The molecule has 0 fully saturated rings. The molecule has 9 heteroatoms. The Hall–Kier alpha value is -2.45. The van der Waals surface area contributed by atoms with E-state index in [2.05, 4.69) is 9.47 Å². The normalized spacial score (nSPS) is 16.4. The molecule has 0 bridgehead atoms. The molecule has 0 aliphatic carbocycles. The number of nitrogen functional groups attached to an aromatic ring is 1. The highest BCUT2D eigenvalue weighted by Gasteiger charge is 2.51. The molecule has 0 aromatic heterocycles. The topological polar surface area (TPSA) is 81.9 Å². The summed E-state index contributed by atoms with van der Waals surface area (Å²) in [4.78, 5) is 23.2. The highest BCUT2D eigenvalue weighted by Crippen LogP contribution is 2.41. The maximum absolute atomic E-state index is 13.4. The van der Waals surface area contributed by atoms with Gasteiger partial charge >= 0.3 is 18.0 Å². The van der Waals surface area contributed by atoms with Crippen LogP contribution >= 0.6 is 0 Å². The van der Waals surface area contributed by atoms with Crippen LogP contribution in [0.4, 0.5) is 24.5 Å². The van der Waals surface area contributed by atoms with Crippen LogP contribution in [-0.4, -0.2) is 31.6 Å². The first-order valence-electron chi connectivity index (χ1n) is 5.31. The van der Waals surface area contributed by atoms with E-state index in [9.17, 15) is 22.8 Å².